The average molecular weight is 240 g/mol. The summed E-state index contributed by atoms with van der Waals surface area (Å²) < 4.78 is 4.93. The minimum absolute atomic E-state index is 0.0572. The fourth-order valence-electron chi connectivity index (χ4n) is 2.22. The Morgan fingerprint density at radius 3 is 2.82 bits per heavy atom. The van der Waals surface area contributed by atoms with Crippen LogP contribution < -0.4 is 10.6 Å². The lowest BCUT2D eigenvalue weighted by molar-refractivity contribution is -0.125. The minimum Gasteiger partial charge on any atom is -0.383 e. The lowest BCUT2D eigenvalue weighted by Gasteiger charge is -2.35. The number of nitrogens with zero attached hydrogens (tertiary/aromatic N) is 2. The Morgan fingerprint density at radius 1 is 1.47 bits per heavy atom. The largest absolute Gasteiger partial charge is 0.383 e. The number of piperidine rings is 1. The number of likely N-dealkylation sites (tertiary alicyclic amines) is 1. The molecule has 2 saturated heterocycles. The van der Waals surface area contributed by atoms with E-state index in [2.05, 4.69) is 27.6 Å². The molecule has 0 aliphatic carbocycles. The molecule has 2 aliphatic heterocycles. The van der Waals surface area contributed by atoms with Crippen LogP contribution in [0, 0.1) is 0 Å². The van der Waals surface area contributed by atoms with Gasteiger partial charge in [0.1, 0.15) is 5.54 Å². The molecule has 0 aromatic rings. The van der Waals surface area contributed by atoms with Gasteiger partial charge in [-0.05, 0) is 19.9 Å². The summed E-state index contributed by atoms with van der Waals surface area (Å²) in [4.78, 5) is 18.5. The third kappa shape index (κ3) is 2.58. The van der Waals surface area contributed by atoms with E-state index in [1.165, 1.54) is 0 Å². The molecule has 6 nitrogen and oxygen atoms in total. The second kappa shape index (κ2) is 5.01. The zero-order chi connectivity index (χ0) is 12.3. The van der Waals surface area contributed by atoms with E-state index < -0.39 is 5.54 Å². The quantitative estimate of drug-likeness (QED) is 0.632. The predicted molar refractivity (Wildman–Crippen MR) is 64.9 cm³/mol. The number of hydrogen-bond donors (Lipinski definition) is 2. The molecule has 0 saturated carbocycles. The maximum atomic E-state index is 12.0. The standard InChI is InChI=1S/C11H20N4O2/c1-15-6-3-11(4-7-15)9(16)13-10(14-11)12-5-8-17-2/h3-8H2,1-2H3,(H2,12,13,14,16). The molecule has 0 radical (unpaired) electrons. The molecule has 0 unspecified atom stereocenters. The van der Waals surface area contributed by atoms with Crippen molar-refractivity contribution in [3.05, 3.63) is 0 Å². The van der Waals surface area contributed by atoms with Gasteiger partial charge in [-0.25, -0.2) is 0 Å². The smallest absolute Gasteiger partial charge is 0.252 e. The third-order valence-corrected chi connectivity index (χ3v) is 3.43. The number of ether oxygens (including phenoxy) is 1. The van der Waals surface area contributed by atoms with Crippen molar-refractivity contribution in [2.45, 2.75) is 18.4 Å². The summed E-state index contributed by atoms with van der Waals surface area (Å²) in [5.74, 6) is 0.651. The molecule has 1 amide bonds. The van der Waals surface area contributed by atoms with Gasteiger partial charge in [0.15, 0.2) is 5.96 Å². The second-order valence-electron chi connectivity index (χ2n) is 4.69. The summed E-state index contributed by atoms with van der Waals surface area (Å²) in [5.41, 5.74) is -0.432. The van der Waals surface area contributed by atoms with E-state index in [1.54, 1.807) is 7.11 Å². The molecule has 17 heavy (non-hydrogen) atoms. The first-order chi connectivity index (χ1) is 8.16. The van der Waals surface area contributed by atoms with Gasteiger partial charge in [-0.1, -0.05) is 0 Å². The number of amides is 1. The molecule has 2 heterocycles. The van der Waals surface area contributed by atoms with Crippen molar-refractivity contribution in [2.24, 2.45) is 4.99 Å². The van der Waals surface area contributed by atoms with Gasteiger partial charge in [0.25, 0.3) is 5.91 Å². The molecule has 0 aromatic heterocycles. The van der Waals surface area contributed by atoms with E-state index in [0.29, 0.717) is 19.1 Å². The Balaban J connectivity index is 1.97. The van der Waals surface area contributed by atoms with Crippen LogP contribution in [0.5, 0.6) is 0 Å². The molecule has 2 fully saturated rings. The predicted octanol–water partition coefficient (Wildman–Crippen LogP) is -0.827. The molecule has 0 bridgehead atoms. The maximum Gasteiger partial charge on any atom is 0.252 e. The summed E-state index contributed by atoms with van der Waals surface area (Å²) in [5, 5.41) is 6.06. The summed E-state index contributed by atoms with van der Waals surface area (Å²) in [6, 6.07) is 0. The van der Waals surface area contributed by atoms with Gasteiger partial charge in [-0.2, -0.15) is 0 Å². The van der Waals surface area contributed by atoms with Crippen LogP contribution in [0.2, 0.25) is 0 Å². The number of guanidine groups is 1. The number of hydrogen-bond acceptors (Lipinski definition) is 4. The number of carbonyl (C=O) groups is 1. The molecular weight excluding hydrogens is 220 g/mol. The first-order valence-corrected chi connectivity index (χ1v) is 5.98. The normalized spacial score (nSPS) is 26.2. The zero-order valence-electron chi connectivity index (χ0n) is 10.5. The van der Waals surface area contributed by atoms with Gasteiger partial charge in [0.2, 0.25) is 0 Å². The van der Waals surface area contributed by atoms with Crippen molar-refractivity contribution < 1.29 is 9.53 Å². The fraction of sp³-hybridized carbons (Fsp3) is 0.818. The highest BCUT2D eigenvalue weighted by molar-refractivity contribution is 6.09. The molecule has 0 aromatic carbocycles. The zero-order valence-corrected chi connectivity index (χ0v) is 10.5. The lowest BCUT2D eigenvalue weighted by atomic mass is 9.88. The van der Waals surface area contributed by atoms with E-state index in [0.717, 1.165) is 25.9 Å². The van der Waals surface area contributed by atoms with Crippen molar-refractivity contribution in [1.29, 1.82) is 0 Å². The van der Waals surface area contributed by atoms with Crippen LogP contribution in [0.4, 0.5) is 0 Å². The summed E-state index contributed by atoms with van der Waals surface area (Å²) in [6.07, 6.45) is 1.66. The Hall–Kier alpha value is -1.14. The van der Waals surface area contributed by atoms with E-state index >= 15 is 0 Å². The van der Waals surface area contributed by atoms with Crippen molar-refractivity contribution in [3.8, 4) is 0 Å². The van der Waals surface area contributed by atoms with Gasteiger partial charge >= 0.3 is 0 Å². The number of aliphatic imine (C=N–C) groups is 1. The molecule has 2 aliphatic rings. The number of methoxy groups -OCH3 is 1. The fourth-order valence-corrected chi connectivity index (χ4v) is 2.22. The van der Waals surface area contributed by atoms with Gasteiger partial charge in [0, 0.05) is 20.2 Å². The highest BCUT2D eigenvalue weighted by Gasteiger charge is 2.46. The molecule has 2 rings (SSSR count). The Kier molecular flexibility index (Phi) is 3.63. The second-order valence-corrected chi connectivity index (χ2v) is 4.69. The molecule has 0 atom stereocenters. The monoisotopic (exact) mass is 240 g/mol. The minimum atomic E-state index is -0.432. The molecule has 1 spiro atoms. The third-order valence-electron chi connectivity index (χ3n) is 3.43. The Bertz CT molecular complexity index is 321. The van der Waals surface area contributed by atoms with Crippen molar-refractivity contribution in [3.63, 3.8) is 0 Å². The SMILES string of the molecule is COCCN=C1NC(=O)C2(CCN(C)CC2)N1. The Morgan fingerprint density at radius 2 is 2.18 bits per heavy atom. The number of nitrogens with one attached hydrogen (secondary N) is 2. The van der Waals surface area contributed by atoms with Gasteiger partial charge in [-0.15, -0.1) is 0 Å². The van der Waals surface area contributed by atoms with Crippen molar-refractivity contribution in [1.82, 2.24) is 15.5 Å². The number of carbonyl (C=O) groups excluding carboxylic acids is 1. The molecule has 96 valence electrons. The molecule has 6 heteroatoms. The lowest BCUT2D eigenvalue weighted by Crippen LogP contribution is -2.54. The van der Waals surface area contributed by atoms with Crippen molar-refractivity contribution in [2.75, 3.05) is 40.4 Å². The summed E-state index contributed by atoms with van der Waals surface area (Å²) in [6.45, 7) is 3.00. The first-order valence-electron chi connectivity index (χ1n) is 5.98. The molecular formula is C11H20N4O2. The summed E-state index contributed by atoms with van der Waals surface area (Å²) in [7, 11) is 3.71. The maximum absolute atomic E-state index is 12.0. The Labute approximate surface area is 101 Å². The first kappa shape index (κ1) is 12.3. The van der Waals surface area contributed by atoms with Gasteiger partial charge in [-0.3, -0.25) is 15.1 Å². The van der Waals surface area contributed by atoms with Gasteiger partial charge in [0.05, 0.1) is 13.2 Å². The highest BCUT2D eigenvalue weighted by Crippen LogP contribution is 2.24. The van der Waals surface area contributed by atoms with E-state index in [1.807, 2.05) is 0 Å². The van der Waals surface area contributed by atoms with Crippen molar-refractivity contribution >= 4 is 11.9 Å². The van der Waals surface area contributed by atoms with Crippen LogP contribution in [-0.4, -0.2) is 62.7 Å². The summed E-state index contributed by atoms with van der Waals surface area (Å²) >= 11 is 0. The van der Waals surface area contributed by atoms with Crippen LogP contribution in [0.15, 0.2) is 4.99 Å². The van der Waals surface area contributed by atoms with Crippen LogP contribution in [0.1, 0.15) is 12.8 Å². The van der Waals surface area contributed by atoms with Crippen LogP contribution >= 0.6 is 0 Å². The van der Waals surface area contributed by atoms with E-state index in [4.69, 9.17) is 4.74 Å². The van der Waals surface area contributed by atoms with E-state index in [9.17, 15) is 4.79 Å². The average Bonchev–Trinajstić information content (AvgIpc) is 2.61. The van der Waals surface area contributed by atoms with E-state index in [-0.39, 0.29) is 5.91 Å². The van der Waals surface area contributed by atoms with Crippen LogP contribution in [0.3, 0.4) is 0 Å². The van der Waals surface area contributed by atoms with Gasteiger partial charge < -0.3 is 15.0 Å². The highest BCUT2D eigenvalue weighted by atomic mass is 16.5. The number of rotatable bonds is 3. The molecule has 2 N–H and O–H groups in total. The van der Waals surface area contributed by atoms with Crippen LogP contribution in [-0.2, 0) is 9.53 Å². The topological polar surface area (TPSA) is 66.0 Å². The van der Waals surface area contributed by atoms with Crippen LogP contribution in [0.25, 0.3) is 0 Å².